The minimum absolute atomic E-state index is 0.332. The van der Waals surface area contributed by atoms with Crippen LogP contribution in [-0.4, -0.2) is 5.91 Å². The second-order valence-corrected chi connectivity index (χ2v) is 4.93. The first kappa shape index (κ1) is 13.5. The third-order valence-corrected chi connectivity index (χ3v) is 3.33. The summed E-state index contributed by atoms with van der Waals surface area (Å²) in [4.78, 5) is 12.0. The number of carbonyl (C=O) groups excluding carboxylic acids is 1. The summed E-state index contributed by atoms with van der Waals surface area (Å²) >= 11 is 1.95. The van der Waals surface area contributed by atoms with E-state index in [1.54, 1.807) is 18.2 Å². The van der Waals surface area contributed by atoms with E-state index in [9.17, 15) is 9.18 Å². The Labute approximate surface area is 123 Å². The molecule has 0 bridgehead atoms. The standard InChI is InChI=1S/C14H8FIN2O/c15-11-4-5-13(12(16)7-11)18-14(19)10-3-1-2-9(6-10)8-17/h1-7H,(H,18,19). The van der Waals surface area contributed by atoms with Crippen LogP contribution >= 0.6 is 22.6 Å². The SMILES string of the molecule is N#Cc1cccc(C(=O)Nc2ccc(F)cc2I)c1. The molecule has 2 aromatic rings. The van der Waals surface area contributed by atoms with Gasteiger partial charge in [-0.25, -0.2) is 4.39 Å². The van der Waals surface area contributed by atoms with Crippen molar-refractivity contribution in [3.05, 3.63) is 63.0 Å². The Morgan fingerprint density at radius 2 is 2.05 bits per heavy atom. The van der Waals surface area contributed by atoms with E-state index in [1.807, 2.05) is 28.7 Å². The number of anilines is 1. The second-order valence-electron chi connectivity index (χ2n) is 3.77. The van der Waals surface area contributed by atoms with Crippen LogP contribution in [0.3, 0.4) is 0 Å². The number of hydrogen-bond acceptors (Lipinski definition) is 2. The van der Waals surface area contributed by atoms with E-state index >= 15 is 0 Å². The Morgan fingerprint density at radius 3 is 2.74 bits per heavy atom. The Bertz CT molecular complexity index is 679. The van der Waals surface area contributed by atoms with Crippen LogP contribution in [0.4, 0.5) is 10.1 Å². The lowest BCUT2D eigenvalue weighted by molar-refractivity contribution is 0.102. The van der Waals surface area contributed by atoms with Gasteiger partial charge in [-0.3, -0.25) is 4.79 Å². The number of rotatable bonds is 2. The lowest BCUT2D eigenvalue weighted by Crippen LogP contribution is -2.13. The zero-order valence-corrected chi connectivity index (χ0v) is 11.8. The first-order valence-corrected chi connectivity index (χ1v) is 6.44. The predicted octanol–water partition coefficient (Wildman–Crippen LogP) is 3.55. The monoisotopic (exact) mass is 366 g/mol. The molecule has 1 N–H and O–H groups in total. The molecule has 0 atom stereocenters. The van der Waals surface area contributed by atoms with Crippen LogP contribution in [0.25, 0.3) is 0 Å². The maximum atomic E-state index is 13.0. The Kier molecular flexibility index (Phi) is 4.12. The quantitative estimate of drug-likeness (QED) is 0.827. The number of benzene rings is 2. The van der Waals surface area contributed by atoms with Gasteiger partial charge in [0.2, 0.25) is 0 Å². The second kappa shape index (κ2) is 5.80. The molecule has 94 valence electrons. The topological polar surface area (TPSA) is 52.9 Å². The molecule has 0 radical (unpaired) electrons. The molecule has 0 heterocycles. The summed E-state index contributed by atoms with van der Waals surface area (Å²) in [6.07, 6.45) is 0. The van der Waals surface area contributed by atoms with Crippen LogP contribution in [0, 0.1) is 20.7 Å². The van der Waals surface area contributed by atoms with Crippen molar-refractivity contribution >= 4 is 34.2 Å². The van der Waals surface area contributed by atoms with Gasteiger partial charge in [0.15, 0.2) is 0 Å². The summed E-state index contributed by atoms with van der Waals surface area (Å²) in [5.74, 6) is -0.685. The summed E-state index contributed by atoms with van der Waals surface area (Å²) in [7, 11) is 0. The van der Waals surface area contributed by atoms with Crippen molar-refractivity contribution in [2.45, 2.75) is 0 Å². The van der Waals surface area contributed by atoms with Gasteiger partial charge in [-0.2, -0.15) is 5.26 Å². The van der Waals surface area contributed by atoms with Crippen molar-refractivity contribution < 1.29 is 9.18 Å². The van der Waals surface area contributed by atoms with Crippen molar-refractivity contribution in [2.75, 3.05) is 5.32 Å². The van der Waals surface area contributed by atoms with Crippen LogP contribution in [0.2, 0.25) is 0 Å². The summed E-state index contributed by atoms with van der Waals surface area (Å²) in [5, 5.41) is 11.5. The van der Waals surface area contributed by atoms with Gasteiger partial charge >= 0.3 is 0 Å². The van der Waals surface area contributed by atoms with Gasteiger partial charge in [-0.15, -0.1) is 0 Å². The van der Waals surface area contributed by atoms with Gasteiger partial charge in [-0.05, 0) is 59.0 Å². The molecular formula is C14H8FIN2O. The van der Waals surface area contributed by atoms with E-state index < -0.39 is 0 Å². The molecule has 2 aromatic carbocycles. The average Bonchev–Trinajstić information content (AvgIpc) is 2.42. The van der Waals surface area contributed by atoms with Gasteiger partial charge in [0.25, 0.3) is 5.91 Å². The van der Waals surface area contributed by atoms with Crippen LogP contribution < -0.4 is 5.32 Å². The Morgan fingerprint density at radius 1 is 1.26 bits per heavy atom. The minimum Gasteiger partial charge on any atom is -0.321 e. The van der Waals surface area contributed by atoms with E-state index in [1.165, 1.54) is 24.3 Å². The highest BCUT2D eigenvalue weighted by molar-refractivity contribution is 14.1. The fourth-order valence-corrected chi connectivity index (χ4v) is 2.13. The highest BCUT2D eigenvalue weighted by Crippen LogP contribution is 2.20. The normalized spacial score (nSPS) is 9.74. The lowest BCUT2D eigenvalue weighted by atomic mass is 10.1. The summed E-state index contributed by atoms with van der Waals surface area (Å²) in [6.45, 7) is 0. The van der Waals surface area contributed by atoms with E-state index in [0.717, 1.165) is 0 Å². The molecule has 0 spiro atoms. The van der Waals surface area contributed by atoms with Crippen LogP contribution in [0.5, 0.6) is 0 Å². The maximum absolute atomic E-state index is 13.0. The molecule has 3 nitrogen and oxygen atoms in total. The number of amides is 1. The highest BCUT2D eigenvalue weighted by atomic mass is 127. The molecule has 0 aliphatic carbocycles. The Balaban J connectivity index is 2.23. The number of nitrogens with one attached hydrogen (secondary N) is 1. The summed E-state index contributed by atoms with van der Waals surface area (Å²) in [5.41, 5.74) is 1.34. The van der Waals surface area contributed by atoms with Gasteiger partial charge in [0.05, 0.1) is 17.3 Å². The molecule has 0 aromatic heterocycles. The third kappa shape index (κ3) is 3.29. The summed E-state index contributed by atoms with van der Waals surface area (Å²) < 4.78 is 13.6. The molecule has 19 heavy (non-hydrogen) atoms. The van der Waals surface area contributed by atoms with Gasteiger partial charge < -0.3 is 5.32 Å². The van der Waals surface area contributed by atoms with Crippen molar-refractivity contribution in [3.8, 4) is 6.07 Å². The molecule has 0 saturated heterocycles. The fourth-order valence-electron chi connectivity index (χ4n) is 1.52. The zero-order valence-electron chi connectivity index (χ0n) is 9.65. The van der Waals surface area contributed by atoms with Gasteiger partial charge in [0, 0.05) is 9.13 Å². The number of carbonyl (C=O) groups is 1. The number of nitriles is 1. The van der Waals surface area contributed by atoms with Crippen molar-refractivity contribution in [2.24, 2.45) is 0 Å². The number of hydrogen-bond donors (Lipinski definition) is 1. The average molecular weight is 366 g/mol. The molecule has 0 unspecified atom stereocenters. The first-order valence-electron chi connectivity index (χ1n) is 5.37. The van der Waals surface area contributed by atoms with E-state index in [-0.39, 0.29) is 11.7 Å². The van der Waals surface area contributed by atoms with Crippen LogP contribution in [0.1, 0.15) is 15.9 Å². The van der Waals surface area contributed by atoms with Gasteiger partial charge in [0.1, 0.15) is 5.82 Å². The third-order valence-electron chi connectivity index (χ3n) is 2.43. The smallest absolute Gasteiger partial charge is 0.255 e. The molecule has 0 aliphatic heterocycles. The molecule has 0 aliphatic rings. The van der Waals surface area contributed by atoms with Crippen molar-refractivity contribution in [1.29, 1.82) is 5.26 Å². The highest BCUT2D eigenvalue weighted by Gasteiger charge is 2.09. The van der Waals surface area contributed by atoms with E-state index in [2.05, 4.69) is 5.32 Å². The maximum Gasteiger partial charge on any atom is 0.255 e. The molecule has 2 rings (SSSR count). The van der Waals surface area contributed by atoms with Crippen molar-refractivity contribution in [1.82, 2.24) is 0 Å². The molecule has 0 saturated carbocycles. The molecule has 1 amide bonds. The molecule has 5 heteroatoms. The lowest BCUT2D eigenvalue weighted by Gasteiger charge is -2.07. The van der Waals surface area contributed by atoms with E-state index in [0.29, 0.717) is 20.4 Å². The van der Waals surface area contributed by atoms with Gasteiger partial charge in [-0.1, -0.05) is 6.07 Å². The minimum atomic E-state index is -0.353. The first-order chi connectivity index (χ1) is 9.10. The zero-order chi connectivity index (χ0) is 13.8. The molecule has 0 fully saturated rings. The van der Waals surface area contributed by atoms with Crippen LogP contribution in [0.15, 0.2) is 42.5 Å². The van der Waals surface area contributed by atoms with Crippen LogP contribution in [-0.2, 0) is 0 Å². The van der Waals surface area contributed by atoms with E-state index in [4.69, 9.17) is 5.26 Å². The van der Waals surface area contributed by atoms with Crippen molar-refractivity contribution in [3.63, 3.8) is 0 Å². The number of nitrogens with zero attached hydrogens (tertiary/aromatic N) is 1. The number of halogens is 2. The predicted molar refractivity (Wildman–Crippen MR) is 78.2 cm³/mol. The Hall–Kier alpha value is -1.94. The molecular weight excluding hydrogens is 358 g/mol. The fraction of sp³-hybridized carbons (Fsp3) is 0. The largest absolute Gasteiger partial charge is 0.321 e. The summed E-state index contributed by atoms with van der Waals surface area (Å²) in [6, 6.07) is 12.5.